The fourth-order valence-corrected chi connectivity index (χ4v) is 2.59. The molecule has 2 rings (SSSR count). The Hall–Kier alpha value is -1.77. The zero-order chi connectivity index (χ0) is 13.1. The summed E-state index contributed by atoms with van der Waals surface area (Å²) >= 11 is 0. The van der Waals surface area contributed by atoms with Gasteiger partial charge < -0.3 is 14.4 Å². The first kappa shape index (κ1) is 12.7. The Bertz CT molecular complexity index is 477. The Labute approximate surface area is 108 Å². The maximum atomic E-state index is 11.4. The molecule has 1 aliphatic carbocycles. The molecule has 0 heterocycles. The largest absolute Gasteiger partial charge is 0.496 e. The molecule has 1 aliphatic rings. The predicted molar refractivity (Wildman–Crippen MR) is 71.9 cm³/mol. The Morgan fingerprint density at radius 1 is 1.33 bits per heavy atom. The van der Waals surface area contributed by atoms with Crippen LogP contribution in [0.2, 0.25) is 0 Å². The van der Waals surface area contributed by atoms with Gasteiger partial charge in [0, 0.05) is 14.1 Å². The van der Waals surface area contributed by atoms with Gasteiger partial charge in [-0.15, -0.1) is 0 Å². The van der Waals surface area contributed by atoms with E-state index in [2.05, 4.69) is 6.20 Å². The molecule has 1 unspecified atom stereocenters. The number of nitrogens with zero attached hydrogens (tertiary/aromatic N) is 1. The highest BCUT2D eigenvalue weighted by molar-refractivity contribution is 5.71. The lowest BCUT2D eigenvalue weighted by atomic mass is 9.80. The van der Waals surface area contributed by atoms with E-state index in [1.165, 1.54) is 11.1 Å². The molecule has 0 spiro atoms. The summed E-state index contributed by atoms with van der Waals surface area (Å²) in [7, 11) is 5.64. The van der Waals surface area contributed by atoms with E-state index < -0.39 is 0 Å². The number of ether oxygens (including phenoxy) is 1. The van der Waals surface area contributed by atoms with Crippen molar-refractivity contribution in [3.63, 3.8) is 0 Å². The standard InChI is InChI=1S/C15H19NO2/c1-16(2)9-11-7-8-13-12(14(11)10-17)5-4-6-15(13)18-3/h4-6,9-10,14H,7-8H2,1-3H3. The average Bonchev–Trinajstić information content (AvgIpc) is 2.37. The lowest BCUT2D eigenvalue weighted by Crippen LogP contribution is -2.17. The first-order valence-electron chi connectivity index (χ1n) is 6.15. The molecule has 0 saturated carbocycles. The highest BCUT2D eigenvalue weighted by atomic mass is 16.5. The minimum absolute atomic E-state index is 0.133. The molecular formula is C15H19NO2. The smallest absolute Gasteiger partial charge is 0.131 e. The van der Waals surface area contributed by atoms with Crippen molar-refractivity contribution in [2.45, 2.75) is 18.8 Å². The maximum Gasteiger partial charge on any atom is 0.131 e. The van der Waals surface area contributed by atoms with Crippen LogP contribution in [0.1, 0.15) is 23.5 Å². The Kier molecular flexibility index (Phi) is 3.70. The molecule has 96 valence electrons. The van der Waals surface area contributed by atoms with E-state index in [9.17, 15) is 4.79 Å². The fraction of sp³-hybridized carbons (Fsp3) is 0.400. The molecule has 0 aromatic heterocycles. The quantitative estimate of drug-likeness (QED) is 0.766. The van der Waals surface area contributed by atoms with Crippen LogP contribution in [0.15, 0.2) is 30.0 Å². The van der Waals surface area contributed by atoms with Gasteiger partial charge >= 0.3 is 0 Å². The zero-order valence-corrected chi connectivity index (χ0v) is 11.1. The van der Waals surface area contributed by atoms with Crippen molar-refractivity contribution in [1.29, 1.82) is 0 Å². The van der Waals surface area contributed by atoms with Crippen LogP contribution in [0, 0.1) is 0 Å². The number of carbonyl (C=O) groups excluding carboxylic acids is 1. The molecule has 0 bridgehead atoms. The van der Waals surface area contributed by atoms with Crippen LogP contribution in [-0.2, 0) is 11.2 Å². The van der Waals surface area contributed by atoms with Crippen LogP contribution < -0.4 is 4.74 Å². The number of carbonyl (C=O) groups is 1. The Balaban J connectivity index is 2.47. The molecule has 3 heteroatoms. The number of benzene rings is 1. The van der Waals surface area contributed by atoms with Gasteiger partial charge in [-0.3, -0.25) is 0 Å². The van der Waals surface area contributed by atoms with Crippen LogP contribution in [0.4, 0.5) is 0 Å². The van der Waals surface area contributed by atoms with Crippen molar-refractivity contribution >= 4 is 6.29 Å². The second kappa shape index (κ2) is 5.25. The molecule has 0 aliphatic heterocycles. The molecule has 0 fully saturated rings. The van der Waals surface area contributed by atoms with E-state index in [0.717, 1.165) is 30.4 Å². The third-order valence-corrected chi connectivity index (χ3v) is 3.35. The SMILES string of the molecule is COc1cccc2c1CCC(=CN(C)C)C2C=O. The van der Waals surface area contributed by atoms with Crippen molar-refractivity contribution in [3.05, 3.63) is 41.1 Å². The summed E-state index contributed by atoms with van der Waals surface area (Å²) in [5, 5.41) is 0. The van der Waals surface area contributed by atoms with Crippen molar-refractivity contribution in [1.82, 2.24) is 4.90 Å². The van der Waals surface area contributed by atoms with Crippen LogP contribution >= 0.6 is 0 Å². The van der Waals surface area contributed by atoms with E-state index >= 15 is 0 Å². The van der Waals surface area contributed by atoms with Gasteiger partial charge in [0.25, 0.3) is 0 Å². The van der Waals surface area contributed by atoms with Crippen LogP contribution in [0.3, 0.4) is 0 Å². The fourth-order valence-electron chi connectivity index (χ4n) is 2.59. The molecule has 1 aromatic rings. The molecule has 0 radical (unpaired) electrons. The molecule has 3 nitrogen and oxygen atoms in total. The van der Waals surface area contributed by atoms with Crippen molar-refractivity contribution in [3.8, 4) is 5.75 Å². The second-order valence-electron chi connectivity index (χ2n) is 4.81. The number of allylic oxidation sites excluding steroid dienone is 1. The number of methoxy groups -OCH3 is 1. The number of rotatable bonds is 3. The van der Waals surface area contributed by atoms with Gasteiger partial charge in [0.05, 0.1) is 13.0 Å². The van der Waals surface area contributed by atoms with Crippen LogP contribution in [0.5, 0.6) is 5.75 Å². The van der Waals surface area contributed by atoms with Gasteiger partial charge in [0.1, 0.15) is 12.0 Å². The number of hydrogen-bond donors (Lipinski definition) is 0. The van der Waals surface area contributed by atoms with Gasteiger partial charge in [-0.1, -0.05) is 12.1 Å². The third-order valence-electron chi connectivity index (χ3n) is 3.35. The summed E-state index contributed by atoms with van der Waals surface area (Å²) in [6.45, 7) is 0. The van der Waals surface area contributed by atoms with E-state index in [4.69, 9.17) is 4.74 Å². The summed E-state index contributed by atoms with van der Waals surface area (Å²) in [5.74, 6) is 0.759. The van der Waals surface area contributed by atoms with Gasteiger partial charge in [-0.2, -0.15) is 0 Å². The monoisotopic (exact) mass is 245 g/mol. The Morgan fingerprint density at radius 2 is 2.11 bits per heavy atom. The number of hydrogen-bond acceptors (Lipinski definition) is 3. The Morgan fingerprint density at radius 3 is 2.72 bits per heavy atom. The van der Waals surface area contributed by atoms with Crippen LogP contribution in [0.25, 0.3) is 0 Å². The van der Waals surface area contributed by atoms with Crippen molar-refractivity contribution in [2.24, 2.45) is 0 Å². The first-order valence-corrected chi connectivity index (χ1v) is 6.15. The van der Waals surface area contributed by atoms with E-state index in [1.54, 1.807) is 7.11 Å². The summed E-state index contributed by atoms with van der Waals surface area (Å²) < 4.78 is 5.38. The third kappa shape index (κ3) is 2.26. The van der Waals surface area contributed by atoms with Crippen molar-refractivity contribution in [2.75, 3.05) is 21.2 Å². The van der Waals surface area contributed by atoms with Crippen LogP contribution in [-0.4, -0.2) is 32.4 Å². The van der Waals surface area contributed by atoms with Gasteiger partial charge in [-0.05, 0) is 41.8 Å². The molecule has 0 amide bonds. The summed E-state index contributed by atoms with van der Waals surface area (Å²) in [6, 6.07) is 5.94. The first-order chi connectivity index (χ1) is 8.67. The molecule has 0 saturated heterocycles. The number of aldehydes is 1. The predicted octanol–water partition coefficient (Wildman–Crippen LogP) is 2.37. The zero-order valence-electron chi connectivity index (χ0n) is 11.1. The molecular weight excluding hydrogens is 226 g/mol. The van der Waals surface area contributed by atoms with Gasteiger partial charge in [0.15, 0.2) is 0 Å². The summed E-state index contributed by atoms with van der Waals surface area (Å²) in [4.78, 5) is 13.4. The lowest BCUT2D eigenvalue weighted by Gasteiger charge is -2.27. The van der Waals surface area contributed by atoms with E-state index in [-0.39, 0.29) is 5.92 Å². The highest BCUT2D eigenvalue weighted by Crippen LogP contribution is 2.38. The topological polar surface area (TPSA) is 29.5 Å². The highest BCUT2D eigenvalue weighted by Gasteiger charge is 2.26. The minimum atomic E-state index is -0.133. The average molecular weight is 245 g/mol. The molecule has 18 heavy (non-hydrogen) atoms. The van der Waals surface area contributed by atoms with Gasteiger partial charge in [0.2, 0.25) is 0 Å². The summed E-state index contributed by atoms with van der Waals surface area (Å²) in [5.41, 5.74) is 3.44. The lowest BCUT2D eigenvalue weighted by molar-refractivity contribution is -0.108. The molecule has 0 N–H and O–H groups in total. The van der Waals surface area contributed by atoms with Crippen molar-refractivity contribution < 1.29 is 9.53 Å². The maximum absolute atomic E-state index is 11.4. The number of fused-ring (bicyclic) bond motifs is 1. The summed E-state index contributed by atoms with van der Waals surface area (Å²) in [6.07, 6.45) is 4.94. The van der Waals surface area contributed by atoms with E-state index in [0.29, 0.717) is 0 Å². The minimum Gasteiger partial charge on any atom is -0.496 e. The molecule has 1 aromatic carbocycles. The molecule has 1 atom stereocenters. The normalized spacial score (nSPS) is 20.4. The van der Waals surface area contributed by atoms with Gasteiger partial charge in [-0.25, -0.2) is 0 Å². The van der Waals surface area contributed by atoms with E-state index in [1.807, 2.05) is 37.2 Å². The second-order valence-corrected chi connectivity index (χ2v) is 4.81.